The molecular formula is C17H22FNS. The molecule has 0 aliphatic heterocycles. The summed E-state index contributed by atoms with van der Waals surface area (Å²) in [5, 5.41) is 3.59. The molecule has 1 N–H and O–H groups in total. The lowest BCUT2D eigenvalue weighted by molar-refractivity contribution is 0.526. The highest BCUT2D eigenvalue weighted by Crippen LogP contribution is 2.28. The number of thiophene rings is 1. The summed E-state index contributed by atoms with van der Waals surface area (Å²) in [6.45, 7) is 7.45. The summed E-state index contributed by atoms with van der Waals surface area (Å²) in [6, 6.07) is 9.44. The van der Waals surface area contributed by atoms with E-state index in [9.17, 15) is 4.39 Å². The Labute approximate surface area is 124 Å². The van der Waals surface area contributed by atoms with E-state index in [0.717, 1.165) is 24.9 Å². The largest absolute Gasteiger partial charge is 0.310 e. The zero-order valence-electron chi connectivity index (χ0n) is 12.4. The smallest absolute Gasteiger partial charge is 0.123 e. The third-order valence-electron chi connectivity index (χ3n) is 3.42. The quantitative estimate of drug-likeness (QED) is 0.807. The Morgan fingerprint density at radius 1 is 1.25 bits per heavy atom. The van der Waals surface area contributed by atoms with Crippen LogP contribution in [0.1, 0.15) is 40.3 Å². The SMILES string of the molecule is CCCNC(Cc1cccc(F)c1)c1cc(C)sc1C. The lowest BCUT2D eigenvalue weighted by atomic mass is 9.99. The van der Waals surface area contributed by atoms with Crippen molar-refractivity contribution in [3.63, 3.8) is 0 Å². The first-order chi connectivity index (χ1) is 9.60. The van der Waals surface area contributed by atoms with E-state index in [1.165, 1.54) is 21.4 Å². The van der Waals surface area contributed by atoms with Crippen LogP contribution < -0.4 is 5.32 Å². The Hall–Kier alpha value is -1.19. The highest BCUT2D eigenvalue weighted by Gasteiger charge is 2.16. The van der Waals surface area contributed by atoms with Gasteiger partial charge in [0.2, 0.25) is 0 Å². The van der Waals surface area contributed by atoms with Gasteiger partial charge in [-0.2, -0.15) is 0 Å². The van der Waals surface area contributed by atoms with Gasteiger partial charge in [-0.25, -0.2) is 4.39 Å². The maximum absolute atomic E-state index is 13.3. The Bertz CT molecular complexity index is 562. The van der Waals surface area contributed by atoms with E-state index in [1.807, 2.05) is 17.4 Å². The molecule has 1 heterocycles. The fourth-order valence-corrected chi connectivity index (χ4v) is 3.49. The van der Waals surface area contributed by atoms with E-state index in [-0.39, 0.29) is 11.9 Å². The first-order valence-corrected chi connectivity index (χ1v) is 7.96. The molecular weight excluding hydrogens is 269 g/mol. The molecule has 1 aromatic heterocycles. The topological polar surface area (TPSA) is 12.0 Å². The van der Waals surface area contributed by atoms with Crippen LogP contribution in [-0.4, -0.2) is 6.54 Å². The minimum Gasteiger partial charge on any atom is -0.310 e. The van der Waals surface area contributed by atoms with Gasteiger partial charge in [-0.05, 0) is 62.6 Å². The Kier molecular flexibility index (Phi) is 5.32. The summed E-state index contributed by atoms with van der Waals surface area (Å²) >= 11 is 1.83. The van der Waals surface area contributed by atoms with Gasteiger partial charge in [-0.1, -0.05) is 19.1 Å². The molecule has 2 aromatic rings. The fraction of sp³-hybridized carbons (Fsp3) is 0.412. The highest BCUT2D eigenvalue weighted by molar-refractivity contribution is 7.12. The molecule has 1 aromatic carbocycles. The summed E-state index contributed by atoms with van der Waals surface area (Å²) in [5.41, 5.74) is 2.40. The van der Waals surface area contributed by atoms with Gasteiger partial charge in [-0.3, -0.25) is 0 Å². The van der Waals surface area contributed by atoms with Crippen molar-refractivity contribution >= 4 is 11.3 Å². The fourth-order valence-electron chi connectivity index (χ4n) is 2.51. The van der Waals surface area contributed by atoms with Crippen LogP contribution in [0, 0.1) is 19.7 Å². The molecule has 0 bridgehead atoms. The van der Waals surface area contributed by atoms with E-state index in [0.29, 0.717) is 0 Å². The summed E-state index contributed by atoms with van der Waals surface area (Å²) in [5.74, 6) is -0.157. The number of benzene rings is 1. The number of halogens is 1. The molecule has 1 unspecified atom stereocenters. The zero-order chi connectivity index (χ0) is 14.5. The standard InChI is InChI=1S/C17H22FNS/c1-4-8-19-17(16-9-12(2)20-13(16)3)11-14-6-5-7-15(18)10-14/h5-7,9-10,17,19H,4,8,11H2,1-3H3. The average molecular weight is 291 g/mol. The molecule has 0 saturated carbocycles. The van der Waals surface area contributed by atoms with Crippen molar-refractivity contribution in [2.45, 2.75) is 39.7 Å². The predicted molar refractivity (Wildman–Crippen MR) is 84.9 cm³/mol. The molecule has 0 aliphatic rings. The second-order valence-electron chi connectivity index (χ2n) is 5.21. The van der Waals surface area contributed by atoms with Crippen molar-refractivity contribution in [3.8, 4) is 0 Å². The van der Waals surface area contributed by atoms with E-state index in [4.69, 9.17) is 0 Å². The number of hydrogen-bond acceptors (Lipinski definition) is 2. The van der Waals surface area contributed by atoms with Crippen molar-refractivity contribution in [3.05, 3.63) is 57.0 Å². The molecule has 0 saturated heterocycles. The second kappa shape index (κ2) is 7.00. The van der Waals surface area contributed by atoms with Gasteiger partial charge >= 0.3 is 0 Å². The van der Waals surface area contributed by atoms with Crippen molar-refractivity contribution in [2.24, 2.45) is 0 Å². The van der Waals surface area contributed by atoms with Crippen molar-refractivity contribution in [1.29, 1.82) is 0 Å². The van der Waals surface area contributed by atoms with Gasteiger partial charge in [0.1, 0.15) is 5.82 Å². The molecule has 0 amide bonds. The third-order valence-corrected chi connectivity index (χ3v) is 4.41. The van der Waals surface area contributed by atoms with Crippen molar-refractivity contribution in [2.75, 3.05) is 6.54 Å². The normalized spacial score (nSPS) is 12.6. The Morgan fingerprint density at radius 2 is 2.05 bits per heavy atom. The monoisotopic (exact) mass is 291 g/mol. The maximum atomic E-state index is 13.3. The summed E-state index contributed by atoms with van der Waals surface area (Å²) < 4.78 is 13.3. The Balaban J connectivity index is 2.21. The molecule has 0 radical (unpaired) electrons. The molecule has 1 atom stereocenters. The summed E-state index contributed by atoms with van der Waals surface area (Å²) in [7, 11) is 0. The van der Waals surface area contributed by atoms with Crippen LogP contribution in [0.3, 0.4) is 0 Å². The van der Waals surface area contributed by atoms with E-state index in [1.54, 1.807) is 12.1 Å². The van der Waals surface area contributed by atoms with E-state index >= 15 is 0 Å². The average Bonchev–Trinajstić information content (AvgIpc) is 2.73. The van der Waals surface area contributed by atoms with Gasteiger partial charge < -0.3 is 5.32 Å². The highest BCUT2D eigenvalue weighted by atomic mass is 32.1. The molecule has 0 spiro atoms. The van der Waals surface area contributed by atoms with E-state index in [2.05, 4.69) is 32.2 Å². The van der Waals surface area contributed by atoms with E-state index < -0.39 is 0 Å². The van der Waals surface area contributed by atoms with Crippen LogP contribution in [0.2, 0.25) is 0 Å². The number of hydrogen-bond donors (Lipinski definition) is 1. The van der Waals surface area contributed by atoms with Crippen LogP contribution >= 0.6 is 11.3 Å². The maximum Gasteiger partial charge on any atom is 0.123 e. The molecule has 1 nitrogen and oxygen atoms in total. The molecule has 20 heavy (non-hydrogen) atoms. The third kappa shape index (κ3) is 3.90. The molecule has 0 fully saturated rings. The van der Waals surface area contributed by atoms with Gasteiger partial charge in [0, 0.05) is 15.8 Å². The number of aryl methyl sites for hydroxylation is 2. The lowest BCUT2D eigenvalue weighted by Crippen LogP contribution is -2.24. The van der Waals surface area contributed by atoms with Crippen molar-refractivity contribution < 1.29 is 4.39 Å². The Morgan fingerprint density at radius 3 is 2.65 bits per heavy atom. The van der Waals surface area contributed by atoms with Crippen LogP contribution in [-0.2, 0) is 6.42 Å². The second-order valence-corrected chi connectivity index (χ2v) is 6.67. The minimum absolute atomic E-state index is 0.157. The van der Waals surface area contributed by atoms with Gasteiger partial charge in [0.15, 0.2) is 0 Å². The van der Waals surface area contributed by atoms with Gasteiger partial charge in [0.05, 0.1) is 0 Å². The van der Waals surface area contributed by atoms with Gasteiger partial charge in [-0.15, -0.1) is 11.3 Å². The summed E-state index contributed by atoms with van der Waals surface area (Å²) in [6.07, 6.45) is 1.93. The molecule has 108 valence electrons. The lowest BCUT2D eigenvalue weighted by Gasteiger charge is -2.19. The van der Waals surface area contributed by atoms with Crippen LogP contribution in [0.5, 0.6) is 0 Å². The number of rotatable bonds is 6. The van der Waals surface area contributed by atoms with Crippen LogP contribution in [0.15, 0.2) is 30.3 Å². The van der Waals surface area contributed by atoms with Gasteiger partial charge in [0.25, 0.3) is 0 Å². The van der Waals surface area contributed by atoms with Crippen LogP contribution in [0.4, 0.5) is 4.39 Å². The molecule has 0 aliphatic carbocycles. The first kappa shape index (κ1) is 15.2. The number of nitrogens with one attached hydrogen (secondary N) is 1. The van der Waals surface area contributed by atoms with Crippen LogP contribution in [0.25, 0.3) is 0 Å². The molecule has 2 rings (SSSR count). The minimum atomic E-state index is -0.157. The predicted octanol–water partition coefficient (Wildman–Crippen LogP) is 4.79. The molecule has 3 heteroatoms. The summed E-state index contributed by atoms with van der Waals surface area (Å²) in [4.78, 5) is 2.69. The van der Waals surface area contributed by atoms with Crippen molar-refractivity contribution in [1.82, 2.24) is 5.32 Å². The first-order valence-electron chi connectivity index (χ1n) is 7.15. The zero-order valence-corrected chi connectivity index (χ0v) is 13.2.